The highest BCUT2D eigenvalue weighted by molar-refractivity contribution is 4.95. The largest absolute Gasteiger partial charge is 0.390 e. The van der Waals surface area contributed by atoms with Crippen LogP contribution in [-0.2, 0) is 0 Å². The van der Waals surface area contributed by atoms with E-state index >= 15 is 0 Å². The second-order valence-electron chi connectivity index (χ2n) is 6.22. The van der Waals surface area contributed by atoms with Crippen molar-refractivity contribution in [3.05, 3.63) is 0 Å². The normalized spacial score (nSPS) is 36.5. The first kappa shape index (κ1) is 13.3. The molecule has 1 heterocycles. The first-order valence-corrected chi connectivity index (χ1v) is 7.23. The van der Waals surface area contributed by atoms with Crippen LogP contribution < -0.4 is 5.32 Å². The van der Waals surface area contributed by atoms with Crippen molar-refractivity contribution >= 4 is 0 Å². The molecular weight excluding hydrogens is 212 g/mol. The van der Waals surface area contributed by atoms with Gasteiger partial charge in [-0.2, -0.15) is 0 Å². The minimum absolute atomic E-state index is 0.318. The molecule has 17 heavy (non-hydrogen) atoms. The van der Waals surface area contributed by atoms with Crippen molar-refractivity contribution in [1.29, 1.82) is 0 Å². The molecule has 0 aromatic heterocycles. The van der Waals surface area contributed by atoms with Gasteiger partial charge in [-0.3, -0.25) is 0 Å². The van der Waals surface area contributed by atoms with Gasteiger partial charge in [0.1, 0.15) is 0 Å². The van der Waals surface area contributed by atoms with Gasteiger partial charge >= 0.3 is 0 Å². The molecule has 1 saturated carbocycles. The number of hydrogen-bond donors (Lipinski definition) is 2. The second-order valence-corrected chi connectivity index (χ2v) is 6.22. The fourth-order valence-corrected chi connectivity index (χ4v) is 3.66. The van der Waals surface area contributed by atoms with Crippen molar-refractivity contribution in [3.63, 3.8) is 0 Å². The van der Waals surface area contributed by atoms with Gasteiger partial charge in [-0.05, 0) is 38.8 Å². The number of rotatable bonds is 4. The van der Waals surface area contributed by atoms with Gasteiger partial charge in [-0.15, -0.1) is 0 Å². The predicted octanol–water partition coefficient (Wildman–Crippen LogP) is 1.47. The maximum absolute atomic E-state index is 10.6. The molecule has 1 saturated heterocycles. The third kappa shape index (κ3) is 3.21. The van der Waals surface area contributed by atoms with Crippen molar-refractivity contribution in [2.75, 3.05) is 33.2 Å². The van der Waals surface area contributed by atoms with E-state index in [1.54, 1.807) is 0 Å². The highest BCUT2D eigenvalue weighted by Gasteiger charge is 2.42. The average molecular weight is 240 g/mol. The number of fused-ring (bicyclic) bond motifs is 1. The Morgan fingerprint density at radius 3 is 3.00 bits per heavy atom. The maximum Gasteiger partial charge on any atom is 0.0700 e. The minimum Gasteiger partial charge on any atom is -0.390 e. The summed E-state index contributed by atoms with van der Waals surface area (Å²) in [6.45, 7) is 6.77. The van der Waals surface area contributed by atoms with E-state index in [1.165, 1.54) is 25.8 Å². The van der Waals surface area contributed by atoms with Crippen molar-refractivity contribution in [1.82, 2.24) is 10.2 Å². The summed E-state index contributed by atoms with van der Waals surface area (Å²) in [5, 5.41) is 13.9. The van der Waals surface area contributed by atoms with Gasteiger partial charge in [0.25, 0.3) is 0 Å². The third-order valence-electron chi connectivity index (χ3n) is 4.63. The van der Waals surface area contributed by atoms with E-state index in [1.807, 2.05) is 7.05 Å². The van der Waals surface area contributed by atoms with Crippen LogP contribution in [0.1, 0.15) is 39.0 Å². The number of hydrogen-bond acceptors (Lipinski definition) is 3. The van der Waals surface area contributed by atoms with Crippen LogP contribution >= 0.6 is 0 Å². The topological polar surface area (TPSA) is 35.5 Å². The quantitative estimate of drug-likeness (QED) is 0.781. The van der Waals surface area contributed by atoms with Gasteiger partial charge in [-0.1, -0.05) is 19.8 Å². The first-order valence-electron chi connectivity index (χ1n) is 7.23. The number of piperidine rings is 1. The van der Waals surface area contributed by atoms with Gasteiger partial charge in [-0.25, -0.2) is 0 Å². The Labute approximate surface area is 106 Å². The van der Waals surface area contributed by atoms with Gasteiger partial charge in [0, 0.05) is 25.6 Å². The van der Waals surface area contributed by atoms with Crippen molar-refractivity contribution in [2.45, 2.75) is 44.6 Å². The van der Waals surface area contributed by atoms with E-state index < -0.39 is 0 Å². The molecule has 3 unspecified atom stereocenters. The molecule has 0 aromatic rings. The lowest BCUT2D eigenvalue weighted by molar-refractivity contribution is -0.0968. The molecular formula is C14H28N2O. The fraction of sp³-hybridized carbons (Fsp3) is 1.00. The van der Waals surface area contributed by atoms with Gasteiger partial charge in [0.15, 0.2) is 0 Å². The van der Waals surface area contributed by atoms with Crippen LogP contribution in [0.25, 0.3) is 0 Å². The van der Waals surface area contributed by atoms with Gasteiger partial charge in [0.2, 0.25) is 0 Å². The summed E-state index contributed by atoms with van der Waals surface area (Å²) >= 11 is 0. The number of nitrogens with zero attached hydrogens (tertiary/aromatic N) is 1. The highest BCUT2D eigenvalue weighted by atomic mass is 16.3. The summed E-state index contributed by atoms with van der Waals surface area (Å²) in [6.07, 6.45) is 5.80. The number of aliphatic hydroxyl groups is 1. The monoisotopic (exact) mass is 240 g/mol. The van der Waals surface area contributed by atoms with E-state index in [2.05, 4.69) is 17.1 Å². The van der Waals surface area contributed by atoms with Gasteiger partial charge < -0.3 is 15.3 Å². The molecule has 0 amide bonds. The molecule has 2 rings (SSSR count). The van der Waals surface area contributed by atoms with Gasteiger partial charge in [0.05, 0.1) is 5.60 Å². The Bertz CT molecular complexity index is 246. The van der Waals surface area contributed by atoms with Crippen molar-refractivity contribution in [2.24, 2.45) is 11.8 Å². The molecule has 0 aromatic carbocycles. The zero-order valence-electron chi connectivity index (χ0n) is 11.4. The summed E-state index contributed by atoms with van der Waals surface area (Å²) in [6, 6.07) is 0. The van der Waals surface area contributed by atoms with E-state index in [-0.39, 0.29) is 5.60 Å². The summed E-state index contributed by atoms with van der Waals surface area (Å²) in [4.78, 5) is 2.56. The molecule has 0 spiro atoms. The zero-order chi connectivity index (χ0) is 12.3. The zero-order valence-corrected chi connectivity index (χ0v) is 11.4. The molecule has 3 nitrogen and oxygen atoms in total. The third-order valence-corrected chi connectivity index (χ3v) is 4.63. The van der Waals surface area contributed by atoms with Crippen LogP contribution in [0.2, 0.25) is 0 Å². The summed E-state index contributed by atoms with van der Waals surface area (Å²) in [7, 11) is 2.02. The Morgan fingerprint density at radius 1 is 1.41 bits per heavy atom. The lowest BCUT2D eigenvalue weighted by Crippen LogP contribution is -2.54. The Morgan fingerprint density at radius 2 is 2.24 bits per heavy atom. The summed E-state index contributed by atoms with van der Waals surface area (Å²) in [5.41, 5.74) is -0.318. The molecule has 0 radical (unpaired) electrons. The Balaban J connectivity index is 1.84. The molecule has 3 heteroatoms. The first-order chi connectivity index (χ1) is 8.14. The number of nitrogens with one attached hydrogen (secondary N) is 1. The van der Waals surface area contributed by atoms with E-state index in [0.29, 0.717) is 11.8 Å². The van der Waals surface area contributed by atoms with Crippen LogP contribution in [-0.4, -0.2) is 48.8 Å². The molecule has 100 valence electrons. The van der Waals surface area contributed by atoms with E-state index in [9.17, 15) is 5.11 Å². The molecule has 2 fully saturated rings. The second kappa shape index (κ2) is 5.68. The van der Waals surface area contributed by atoms with E-state index in [0.717, 1.165) is 32.5 Å². The van der Waals surface area contributed by atoms with Crippen LogP contribution in [0.4, 0.5) is 0 Å². The smallest absolute Gasteiger partial charge is 0.0700 e. The maximum atomic E-state index is 10.6. The molecule has 1 aliphatic carbocycles. The van der Waals surface area contributed by atoms with Crippen molar-refractivity contribution < 1.29 is 5.11 Å². The Kier molecular flexibility index (Phi) is 4.45. The standard InChI is InChI=1S/C14H28N2O/c1-12(9-15-2)10-16-8-7-14(17)6-4-3-5-13(14)11-16/h12-13,15,17H,3-11H2,1-2H3. The Hall–Kier alpha value is -0.120. The molecule has 0 bridgehead atoms. The lowest BCUT2D eigenvalue weighted by atomic mass is 9.71. The summed E-state index contributed by atoms with van der Waals surface area (Å²) in [5.74, 6) is 1.24. The molecule has 2 aliphatic rings. The van der Waals surface area contributed by atoms with Crippen LogP contribution in [0, 0.1) is 11.8 Å². The average Bonchev–Trinajstić information content (AvgIpc) is 2.30. The number of likely N-dealkylation sites (tertiary alicyclic amines) is 1. The fourth-order valence-electron chi connectivity index (χ4n) is 3.66. The van der Waals surface area contributed by atoms with Crippen LogP contribution in [0.15, 0.2) is 0 Å². The highest BCUT2D eigenvalue weighted by Crippen LogP contribution is 2.39. The lowest BCUT2D eigenvalue weighted by Gasteiger charge is -2.48. The molecule has 1 aliphatic heterocycles. The predicted molar refractivity (Wildman–Crippen MR) is 71.1 cm³/mol. The molecule has 2 N–H and O–H groups in total. The van der Waals surface area contributed by atoms with Crippen LogP contribution in [0.3, 0.4) is 0 Å². The van der Waals surface area contributed by atoms with Crippen LogP contribution in [0.5, 0.6) is 0 Å². The molecule has 3 atom stereocenters. The summed E-state index contributed by atoms with van der Waals surface area (Å²) < 4.78 is 0. The minimum atomic E-state index is -0.318. The van der Waals surface area contributed by atoms with E-state index in [4.69, 9.17) is 0 Å². The van der Waals surface area contributed by atoms with Crippen molar-refractivity contribution in [3.8, 4) is 0 Å². The SMILES string of the molecule is CNCC(C)CN1CCC2(O)CCCCC2C1.